The number of aryl methyl sites for hydroxylation is 1. The van der Waals surface area contributed by atoms with Crippen molar-refractivity contribution in [2.24, 2.45) is 0 Å². The maximum absolute atomic E-state index is 13.3. The zero-order valence-corrected chi connectivity index (χ0v) is 18.2. The van der Waals surface area contributed by atoms with Crippen LogP contribution in [-0.4, -0.2) is 41.5 Å². The van der Waals surface area contributed by atoms with Crippen LogP contribution in [0.5, 0.6) is 0 Å². The molecule has 1 fully saturated rings. The number of benzene rings is 2. The topological polar surface area (TPSA) is 48.5 Å². The highest BCUT2D eigenvalue weighted by Crippen LogP contribution is 2.30. The van der Waals surface area contributed by atoms with Crippen LogP contribution in [0.2, 0.25) is 0 Å². The second-order valence-corrected chi connectivity index (χ2v) is 8.69. The standard InChI is InChI=1S/C26H27FN4O/c1-18-15-28-25(14-23(18)19-6-8-21(27)9-7-19)30-12-10-22(11-13-30)31-16-20-4-2-3-5-24(20)29-26(32)17-31/h2-9,14-15,22H,10-13,16-17H2,1H3,(H,29,32). The van der Waals surface area contributed by atoms with Crippen LogP contribution in [0.4, 0.5) is 15.9 Å². The third-order valence-electron chi connectivity index (χ3n) is 6.56. The lowest BCUT2D eigenvalue weighted by atomic mass is 10.00. The number of carbonyl (C=O) groups excluding carboxylic acids is 1. The molecule has 0 unspecified atom stereocenters. The molecule has 0 spiro atoms. The number of hydrogen-bond donors (Lipinski definition) is 1. The van der Waals surface area contributed by atoms with Crippen molar-refractivity contribution in [3.05, 3.63) is 77.7 Å². The molecule has 32 heavy (non-hydrogen) atoms. The van der Waals surface area contributed by atoms with Gasteiger partial charge in [-0.3, -0.25) is 9.69 Å². The van der Waals surface area contributed by atoms with Crippen molar-refractivity contribution in [3.63, 3.8) is 0 Å². The summed E-state index contributed by atoms with van der Waals surface area (Å²) in [5, 5.41) is 3.03. The Bertz CT molecular complexity index is 1120. The lowest BCUT2D eigenvalue weighted by molar-refractivity contribution is -0.117. The molecule has 0 radical (unpaired) electrons. The van der Waals surface area contributed by atoms with Crippen LogP contribution in [0.1, 0.15) is 24.0 Å². The fourth-order valence-electron chi connectivity index (χ4n) is 4.77. The summed E-state index contributed by atoms with van der Waals surface area (Å²) in [5.74, 6) is 0.779. The van der Waals surface area contributed by atoms with Crippen LogP contribution in [0.3, 0.4) is 0 Å². The third kappa shape index (κ3) is 4.23. The Morgan fingerprint density at radius 3 is 2.56 bits per heavy atom. The molecule has 3 heterocycles. The predicted molar refractivity (Wildman–Crippen MR) is 125 cm³/mol. The summed E-state index contributed by atoms with van der Waals surface area (Å²) in [7, 11) is 0. The predicted octanol–water partition coefficient (Wildman–Crippen LogP) is 4.62. The minimum atomic E-state index is -0.229. The highest BCUT2D eigenvalue weighted by atomic mass is 19.1. The zero-order valence-electron chi connectivity index (χ0n) is 18.2. The van der Waals surface area contributed by atoms with Gasteiger partial charge in [0.05, 0.1) is 6.54 Å². The summed E-state index contributed by atoms with van der Waals surface area (Å²) in [4.78, 5) is 21.7. The first kappa shape index (κ1) is 20.6. The number of nitrogens with one attached hydrogen (secondary N) is 1. The largest absolute Gasteiger partial charge is 0.356 e. The minimum Gasteiger partial charge on any atom is -0.356 e. The number of carbonyl (C=O) groups is 1. The summed E-state index contributed by atoms with van der Waals surface area (Å²) in [6.45, 7) is 5.03. The minimum absolute atomic E-state index is 0.0570. The van der Waals surface area contributed by atoms with Crippen molar-refractivity contribution in [3.8, 4) is 11.1 Å². The number of para-hydroxylation sites is 1. The van der Waals surface area contributed by atoms with Gasteiger partial charge in [0.1, 0.15) is 11.6 Å². The van der Waals surface area contributed by atoms with Gasteiger partial charge in [0.15, 0.2) is 0 Å². The maximum atomic E-state index is 13.3. The number of nitrogens with zero attached hydrogens (tertiary/aromatic N) is 3. The molecule has 0 bridgehead atoms. The molecule has 0 atom stereocenters. The van der Waals surface area contributed by atoms with Gasteiger partial charge in [-0.2, -0.15) is 0 Å². The molecule has 0 aliphatic carbocycles. The Balaban J connectivity index is 1.29. The summed E-state index contributed by atoms with van der Waals surface area (Å²) in [6, 6.07) is 17.2. The van der Waals surface area contributed by atoms with E-state index in [0.717, 1.165) is 60.7 Å². The van der Waals surface area contributed by atoms with Crippen LogP contribution < -0.4 is 10.2 Å². The molecular weight excluding hydrogens is 403 g/mol. The molecule has 2 aromatic carbocycles. The first-order valence-electron chi connectivity index (χ1n) is 11.2. The molecule has 1 amide bonds. The Hall–Kier alpha value is -3.25. The van der Waals surface area contributed by atoms with Crippen molar-refractivity contribution in [2.45, 2.75) is 32.4 Å². The summed E-state index contributed by atoms with van der Waals surface area (Å²) in [5.41, 5.74) is 5.25. The molecule has 1 N–H and O–H groups in total. The molecular formula is C26H27FN4O. The number of aromatic nitrogens is 1. The summed E-state index contributed by atoms with van der Waals surface area (Å²) >= 11 is 0. The lowest BCUT2D eigenvalue weighted by Crippen LogP contribution is -2.46. The van der Waals surface area contributed by atoms with E-state index >= 15 is 0 Å². The highest BCUT2D eigenvalue weighted by molar-refractivity contribution is 5.93. The molecule has 0 saturated carbocycles. The molecule has 5 nitrogen and oxygen atoms in total. The monoisotopic (exact) mass is 430 g/mol. The number of anilines is 2. The number of pyridine rings is 1. The van der Waals surface area contributed by atoms with Gasteiger partial charge >= 0.3 is 0 Å². The van der Waals surface area contributed by atoms with E-state index in [4.69, 9.17) is 0 Å². The van der Waals surface area contributed by atoms with E-state index in [9.17, 15) is 9.18 Å². The second kappa shape index (κ2) is 8.71. The number of rotatable bonds is 3. The average Bonchev–Trinajstić information content (AvgIpc) is 2.98. The van der Waals surface area contributed by atoms with Gasteiger partial charge in [-0.15, -0.1) is 0 Å². The average molecular weight is 431 g/mol. The number of hydrogen-bond acceptors (Lipinski definition) is 4. The third-order valence-corrected chi connectivity index (χ3v) is 6.56. The van der Waals surface area contributed by atoms with Crippen molar-refractivity contribution in [1.29, 1.82) is 0 Å². The van der Waals surface area contributed by atoms with E-state index in [1.807, 2.05) is 43.5 Å². The van der Waals surface area contributed by atoms with Crippen LogP contribution in [0.15, 0.2) is 60.8 Å². The van der Waals surface area contributed by atoms with Crippen LogP contribution in [0.25, 0.3) is 11.1 Å². The normalized spacial score (nSPS) is 17.6. The quantitative estimate of drug-likeness (QED) is 0.659. The van der Waals surface area contributed by atoms with Gasteiger partial charge in [-0.05, 0) is 66.3 Å². The van der Waals surface area contributed by atoms with E-state index in [1.165, 1.54) is 17.7 Å². The molecule has 164 valence electrons. The summed E-state index contributed by atoms with van der Waals surface area (Å²) < 4.78 is 13.3. The maximum Gasteiger partial charge on any atom is 0.238 e. The molecule has 2 aliphatic heterocycles. The first-order valence-corrected chi connectivity index (χ1v) is 11.2. The highest BCUT2D eigenvalue weighted by Gasteiger charge is 2.29. The van der Waals surface area contributed by atoms with Crippen molar-refractivity contribution in [2.75, 3.05) is 29.9 Å². The number of piperidine rings is 1. The summed E-state index contributed by atoms with van der Waals surface area (Å²) in [6.07, 6.45) is 3.87. The van der Waals surface area contributed by atoms with Gasteiger partial charge in [0.2, 0.25) is 5.91 Å². The number of fused-ring (bicyclic) bond motifs is 1. The molecule has 2 aliphatic rings. The molecule has 5 rings (SSSR count). The van der Waals surface area contributed by atoms with Crippen molar-refractivity contribution in [1.82, 2.24) is 9.88 Å². The van der Waals surface area contributed by atoms with Crippen LogP contribution in [-0.2, 0) is 11.3 Å². The number of halogens is 1. The van der Waals surface area contributed by atoms with Crippen molar-refractivity contribution >= 4 is 17.4 Å². The molecule has 6 heteroatoms. The fourth-order valence-corrected chi connectivity index (χ4v) is 4.77. The van der Waals surface area contributed by atoms with E-state index in [2.05, 4.69) is 32.2 Å². The van der Waals surface area contributed by atoms with E-state index < -0.39 is 0 Å². The Morgan fingerprint density at radius 2 is 1.78 bits per heavy atom. The van der Waals surface area contributed by atoms with Gasteiger partial charge in [0.25, 0.3) is 0 Å². The van der Waals surface area contributed by atoms with Gasteiger partial charge < -0.3 is 10.2 Å². The van der Waals surface area contributed by atoms with Crippen LogP contribution in [0, 0.1) is 12.7 Å². The van der Waals surface area contributed by atoms with Crippen LogP contribution >= 0.6 is 0 Å². The molecule has 1 saturated heterocycles. The van der Waals surface area contributed by atoms with E-state index in [1.54, 1.807) is 0 Å². The SMILES string of the molecule is Cc1cnc(N2CCC(N3CC(=O)Nc4ccccc4C3)CC2)cc1-c1ccc(F)cc1. The smallest absolute Gasteiger partial charge is 0.238 e. The van der Waals surface area contributed by atoms with Gasteiger partial charge in [-0.1, -0.05) is 30.3 Å². The zero-order chi connectivity index (χ0) is 22.1. The van der Waals surface area contributed by atoms with E-state index in [-0.39, 0.29) is 11.7 Å². The Kier molecular flexibility index (Phi) is 5.62. The lowest BCUT2D eigenvalue weighted by Gasteiger charge is -2.38. The van der Waals surface area contributed by atoms with Gasteiger partial charge in [0, 0.05) is 37.6 Å². The van der Waals surface area contributed by atoms with Gasteiger partial charge in [-0.25, -0.2) is 9.37 Å². The Labute approximate surface area is 187 Å². The molecule has 3 aromatic rings. The second-order valence-electron chi connectivity index (χ2n) is 8.69. The van der Waals surface area contributed by atoms with E-state index in [0.29, 0.717) is 12.6 Å². The Morgan fingerprint density at radius 1 is 1.03 bits per heavy atom. The fraction of sp³-hybridized carbons (Fsp3) is 0.308. The first-order chi connectivity index (χ1) is 15.6. The number of amides is 1. The van der Waals surface area contributed by atoms with Crippen molar-refractivity contribution < 1.29 is 9.18 Å². The molecule has 1 aromatic heterocycles.